The average Bonchev–Trinajstić information content (AvgIpc) is 3.15. The number of hydrogen-bond donors (Lipinski definition) is 2. The van der Waals surface area contributed by atoms with Crippen LogP contribution in [-0.4, -0.2) is 34.4 Å². The molecule has 0 radical (unpaired) electrons. The minimum atomic E-state index is -0.860. The van der Waals surface area contributed by atoms with Crippen LogP contribution in [0, 0.1) is 56.7 Å². The van der Waals surface area contributed by atoms with Crippen LogP contribution in [0.4, 0.5) is 0 Å². The molecule has 0 aromatic heterocycles. The molecule has 37 heavy (non-hydrogen) atoms. The summed E-state index contributed by atoms with van der Waals surface area (Å²) in [6, 6.07) is 0. The largest absolute Gasteiger partial charge is 0.481 e. The SMILES string of the molecule is C=C(C)[C@@H]1CC[C@]2(C)CC[C@]3(C)[C@@H](CC[C@H]4[C@]5(C)[C@H](CC[C@]43C(=O)O)C(C)(C)[C@H](O)C[C@H]5OC(C)=O)[C@@H]12. The molecule has 0 aliphatic heterocycles. The van der Waals surface area contributed by atoms with Gasteiger partial charge in [0, 0.05) is 18.8 Å². The lowest BCUT2D eigenvalue weighted by molar-refractivity contribution is -0.279. The minimum absolute atomic E-state index is 0.0919. The summed E-state index contributed by atoms with van der Waals surface area (Å²) < 4.78 is 6.00. The van der Waals surface area contributed by atoms with Gasteiger partial charge in [0.1, 0.15) is 6.10 Å². The molecule has 5 fully saturated rings. The first kappa shape index (κ1) is 27.2. The molecule has 2 N–H and O–H groups in total. The molecule has 5 aliphatic carbocycles. The molecule has 11 atom stereocenters. The van der Waals surface area contributed by atoms with Gasteiger partial charge >= 0.3 is 11.9 Å². The van der Waals surface area contributed by atoms with E-state index in [-0.39, 0.29) is 34.1 Å². The zero-order chi connectivity index (χ0) is 27.3. The molecule has 5 saturated carbocycles. The van der Waals surface area contributed by atoms with Crippen LogP contribution >= 0.6 is 0 Å². The van der Waals surface area contributed by atoms with Crippen molar-refractivity contribution < 1.29 is 24.5 Å². The lowest BCUT2D eigenvalue weighted by Gasteiger charge is -2.72. The van der Waals surface area contributed by atoms with Gasteiger partial charge in [-0.05, 0) is 104 Å². The molecular formula is C32H50O5. The van der Waals surface area contributed by atoms with Crippen LogP contribution in [0.5, 0.6) is 0 Å². The Bertz CT molecular complexity index is 1000. The molecule has 5 aliphatic rings. The summed E-state index contributed by atoms with van der Waals surface area (Å²) in [5.41, 5.74) is -0.518. The number of carbonyl (C=O) groups excluding carboxylic acids is 1. The van der Waals surface area contributed by atoms with Gasteiger partial charge in [0.2, 0.25) is 0 Å². The van der Waals surface area contributed by atoms with Crippen LogP contribution in [0.2, 0.25) is 0 Å². The van der Waals surface area contributed by atoms with Crippen LogP contribution < -0.4 is 0 Å². The summed E-state index contributed by atoms with van der Waals surface area (Å²) in [6.07, 6.45) is 7.00. The van der Waals surface area contributed by atoms with Crippen molar-refractivity contribution in [3.8, 4) is 0 Å². The first-order valence-corrected chi connectivity index (χ1v) is 14.8. The number of esters is 1. The number of ether oxygens (including phenoxy) is 1. The summed E-state index contributed by atoms with van der Waals surface area (Å²) in [5.74, 6) is 0.325. The van der Waals surface area contributed by atoms with Gasteiger partial charge in [0.25, 0.3) is 0 Å². The van der Waals surface area contributed by atoms with E-state index in [0.717, 1.165) is 32.1 Å². The van der Waals surface area contributed by atoms with Gasteiger partial charge in [-0.2, -0.15) is 0 Å². The fraction of sp³-hybridized carbons (Fsp3) is 0.875. The third kappa shape index (κ3) is 3.31. The summed E-state index contributed by atoms with van der Waals surface area (Å²) in [5, 5.41) is 22.5. The number of carboxylic acids is 1. The van der Waals surface area contributed by atoms with E-state index in [1.807, 2.05) is 0 Å². The fourth-order valence-electron chi connectivity index (χ4n) is 11.8. The minimum Gasteiger partial charge on any atom is -0.481 e. The molecule has 0 amide bonds. The van der Waals surface area contributed by atoms with Crippen molar-refractivity contribution in [2.75, 3.05) is 0 Å². The number of hydrogen-bond acceptors (Lipinski definition) is 4. The zero-order valence-electron chi connectivity index (χ0n) is 24.2. The van der Waals surface area contributed by atoms with Crippen molar-refractivity contribution in [3.63, 3.8) is 0 Å². The highest BCUT2D eigenvalue weighted by atomic mass is 16.5. The maximum absolute atomic E-state index is 13.8. The Morgan fingerprint density at radius 3 is 2.16 bits per heavy atom. The Labute approximate surface area is 223 Å². The quantitative estimate of drug-likeness (QED) is 0.326. The molecule has 0 aromatic carbocycles. The maximum Gasteiger partial charge on any atom is 0.310 e. The van der Waals surface area contributed by atoms with E-state index in [2.05, 4.69) is 48.1 Å². The summed E-state index contributed by atoms with van der Waals surface area (Å²) in [6.45, 7) is 19.3. The number of aliphatic carboxylic acids is 1. The average molecular weight is 515 g/mol. The van der Waals surface area contributed by atoms with Crippen LogP contribution in [0.1, 0.15) is 106 Å². The molecule has 0 aromatic rings. The molecule has 5 nitrogen and oxygen atoms in total. The van der Waals surface area contributed by atoms with Gasteiger partial charge in [0.05, 0.1) is 11.5 Å². The summed E-state index contributed by atoms with van der Waals surface area (Å²) in [4.78, 5) is 26.0. The van der Waals surface area contributed by atoms with Gasteiger partial charge in [-0.3, -0.25) is 9.59 Å². The maximum atomic E-state index is 13.8. The van der Waals surface area contributed by atoms with E-state index >= 15 is 0 Å². The second-order valence-electron chi connectivity index (χ2n) is 15.2. The Kier molecular flexibility index (Phi) is 6.12. The number of rotatable bonds is 3. The molecule has 0 bridgehead atoms. The number of fused-ring (bicyclic) bond motifs is 7. The number of allylic oxidation sites excluding steroid dienone is 1. The van der Waals surface area contributed by atoms with E-state index < -0.39 is 29.0 Å². The van der Waals surface area contributed by atoms with E-state index in [1.165, 1.54) is 25.3 Å². The van der Waals surface area contributed by atoms with Crippen LogP contribution in [0.15, 0.2) is 12.2 Å². The highest BCUT2D eigenvalue weighted by Crippen LogP contribution is 2.77. The second kappa shape index (κ2) is 8.32. The third-order valence-electron chi connectivity index (χ3n) is 13.7. The molecule has 0 spiro atoms. The normalized spacial score (nSPS) is 52.2. The first-order valence-electron chi connectivity index (χ1n) is 14.8. The number of carboxylic acid groups (broad SMARTS) is 1. The number of carbonyl (C=O) groups is 2. The van der Waals surface area contributed by atoms with Gasteiger partial charge in [-0.25, -0.2) is 0 Å². The van der Waals surface area contributed by atoms with Crippen molar-refractivity contribution in [1.82, 2.24) is 0 Å². The molecule has 0 heterocycles. The third-order valence-corrected chi connectivity index (χ3v) is 13.7. The van der Waals surface area contributed by atoms with Gasteiger partial charge in [0.15, 0.2) is 0 Å². The molecular weight excluding hydrogens is 464 g/mol. The highest BCUT2D eigenvalue weighted by molar-refractivity contribution is 5.77. The lowest BCUT2D eigenvalue weighted by Crippen LogP contribution is -2.72. The van der Waals surface area contributed by atoms with E-state index in [4.69, 9.17) is 4.74 Å². The topological polar surface area (TPSA) is 83.8 Å². The molecule has 208 valence electrons. The molecule has 5 rings (SSSR count). The van der Waals surface area contributed by atoms with Crippen molar-refractivity contribution in [2.45, 2.75) is 118 Å². The predicted octanol–water partition coefficient (Wildman–Crippen LogP) is 6.63. The number of aliphatic hydroxyl groups is 1. The van der Waals surface area contributed by atoms with Crippen LogP contribution in [0.3, 0.4) is 0 Å². The standard InChI is InChI=1S/C32H50O5/c1-18(2)20-11-13-29(6)15-16-30(7)21(26(20)29)9-10-23-31(8)22(12-14-32(23,30)27(35)36)28(4,5)24(34)17-25(31)37-19(3)33/h20-26,34H,1,9-17H2,2-8H3,(H,35,36)/t20-,21-,22+,23-,24+,25+,26+,29+,30+,31-,32+/m0/s1. The monoisotopic (exact) mass is 514 g/mol. The van der Waals surface area contributed by atoms with Crippen molar-refractivity contribution in [3.05, 3.63) is 12.2 Å². The van der Waals surface area contributed by atoms with Crippen molar-refractivity contribution >= 4 is 11.9 Å². The second-order valence-corrected chi connectivity index (χ2v) is 15.2. The van der Waals surface area contributed by atoms with E-state index in [1.54, 1.807) is 0 Å². The van der Waals surface area contributed by atoms with E-state index in [9.17, 15) is 19.8 Å². The van der Waals surface area contributed by atoms with E-state index in [0.29, 0.717) is 30.6 Å². The summed E-state index contributed by atoms with van der Waals surface area (Å²) >= 11 is 0. The smallest absolute Gasteiger partial charge is 0.310 e. The summed E-state index contributed by atoms with van der Waals surface area (Å²) in [7, 11) is 0. The Hall–Kier alpha value is -1.36. The molecule has 0 saturated heterocycles. The Balaban J connectivity index is 1.66. The molecule has 0 unspecified atom stereocenters. The van der Waals surface area contributed by atoms with Crippen LogP contribution in [-0.2, 0) is 14.3 Å². The van der Waals surface area contributed by atoms with Crippen molar-refractivity contribution in [2.24, 2.45) is 56.7 Å². The zero-order valence-corrected chi connectivity index (χ0v) is 24.2. The Morgan fingerprint density at radius 2 is 1.57 bits per heavy atom. The van der Waals surface area contributed by atoms with Gasteiger partial charge in [-0.1, -0.05) is 46.8 Å². The first-order chi connectivity index (χ1) is 17.1. The fourth-order valence-corrected chi connectivity index (χ4v) is 11.8. The van der Waals surface area contributed by atoms with Gasteiger partial charge in [-0.15, -0.1) is 0 Å². The number of aliphatic hydroxyl groups excluding tert-OH is 1. The van der Waals surface area contributed by atoms with Gasteiger partial charge < -0.3 is 14.9 Å². The predicted molar refractivity (Wildman–Crippen MR) is 144 cm³/mol. The highest BCUT2D eigenvalue weighted by Gasteiger charge is 2.76. The van der Waals surface area contributed by atoms with Crippen molar-refractivity contribution in [1.29, 1.82) is 0 Å². The lowest BCUT2D eigenvalue weighted by atomic mass is 9.31. The molecule has 5 heteroatoms. The Morgan fingerprint density at radius 1 is 0.892 bits per heavy atom. The van der Waals surface area contributed by atoms with Crippen LogP contribution in [0.25, 0.3) is 0 Å².